The van der Waals surface area contributed by atoms with Crippen LogP contribution in [0.25, 0.3) is 6.08 Å². The number of likely N-dealkylation sites (tertiary alicyclic amines) is 1. The van der Waals surface area contributed by atoms with E-state index in [1.54, 1.807) is 62.8 Å². The second kappa shape index (κ2) is 8.84. The Labute approximate surface area is 168 Å². The minimum absolute atomic E-state index is 0.110. The van der Waals surface area contributed by atoms with Crippen LogP contribution in [-0.4, -0.2) is 56.3 Å². The Kier molecular flexibility index (Phi) is 6.26. The van der Waals surface area contributed by atoms with Crippen LogP contribution in [0.4, 0.5) is 0 Å². The van der Waals surface area contributed by atoms with Crippen LogP contribution in [0.3, 0.4) is 0 Å². The van der Waals surface area contributed by atoms with Crippen molar-refractivity contribution in [1.82, 2.24) is 9.88 Å². The highest BCUT2D eigenvalue weighted by molar-refractivity contribution is 6.31. The van der Waals surface area contributed by atoms with Crippen LogP contribution >= 0.6 is 11.6 Å². The molecule has 2 aromatic rings. The van der Waals surface area contributed by atoms with Crippen LogP contribution in [0.5, 0.6) is 23.1 Å². The highest BCUT2D eigenvalue weighted by Crippen LogP contribution is 2.38. The van der Waals surface area contributed by atoms with Crippen molar-refractivity contribution in [2.75, 3.05) is 34.4 Å². The van der Waals surface area contributed by atoms with E-state index < -0.39 is 0 Å². The molecule has 148 valence electrons. The summed E-state index contributed by atoms with van der Waals surface area (Å²) in [6.45, 7) is 0.955. The fourth-order valence-electron chi connectivity index (χ4n) is 2.78. The highest BCUT2D eigenvalue weighted by atomic mass is 35.5. The van der Waals surface area contributed by atoms with Gasteiger partial charge in [0.05, 0.1) is 34.4 Å². The Morgan fingerprint density at radius 3 is 2.43 bits per heavy atom. The summed E-state index contributed by atoms with van der Waals surface area (Å²) in [5, 5.41) is 0.453. The molecule has 0 aliphatic carbocycles. The lowest BCUT2D eigenvalue weighted by molar-refractivity contribution is -0.134. The maximum Gasteiger partial charge on any atom is 0.246 e. The van der Waals surface area contributed by atoms with E-state index in [9.17, 15) is 4.79 Å². The highest BCUT2D eigenvalue weighted by Gasteiger charge is 2.31. The average molecular weight is 405 g/mol. The van der Waals surface area contributed by atoms with E-state index in [2.05, 4.69) is 4.98 Å². The molecule has 0 bridgehead atoms. The van der Waals surface area contributed by atoms with Crippen LogP contribution in [-0.2, 0) is 4.79 Å². The first-order valence-electron chi connectivity index (χ1n) is 8.60. The number of carbonyl (C=O) groups excluding carboxylic acids is 1. The van der Waals surface area contributed by atoms with Gasteiger partial charge in [-0.05, 0) is 35.9 Å². The van der Waals surface area contributed by atoms with E-state index in [0.29, 0.717) is 41.2 Å². The third-order valence-electron chi connectivity index (χ3n) is 4.27. The van der Waals surface area contributed by atoms with Gasteiger partial charge in [0, 0.05) is 12.3 Å². The molecular formula is C20H21ClN2O5. The van der Waals surface area contributed by atoms with E-state index in [1.165, 1.54) is 6.08 Å². The summed E-state index contributed by atoms with van der Waals surface area (Å²) in [6, 6.07) is 7.00. The first kappa shape index (κ1) is 19.8. The standard InChI is InChI=1S/C20H21ClN2O5/c1-25-16-9-13(10-17(26-2)19(16)27-3)6-7-18(24)23-11-14(12-23)28-20-15(21)5-4-8-22-20/h4-10,14H,11-12H2,1-3H3/b7-6+. The topological polar surface area (TPSA) is 70.1 Å². The molecule has 0 atom stereocenters. The zero-order valence-electron chi connectivity index (χ0n) is 15.8. The number of rotatable bonds is 7. The molecule has 2 heterocycles. The van der Waals surface area contributed by atoms with Crippen LogP contribution < -0.4 is 18.9 Å². The van der Waals surface area contributed by atoms with E-state index in [1.807, 2.05) is 0 Å². The zero-order chi connectivity index (χ0) is 20.1. The zero-order valence-corrected chi connectivity index (χ0v) is 16.6. The molecule has 1 aliphatic heterocycles. The Bertz CT molecular complexity index is 856. The molecule has 8 heteroatoms. The molecule has 0 N–H and O–H groups in total. The molecule has 7 nitrogen and oxygen atoms in total. The third-order valence-corrected chi connectivity index (χ3v) is 4.56. The van der Waals surface area contributed by atoms with Crippen molar-refractivity contribution in [3.05, 3.63) is 47.1 Å². The van der Waals surface area contributed by atoms with Crippen molar-refractivity contribution in [1.29, 1.82) is 0 Å². The van der Waals surface area contributed by atoms with Crippen molar-refractivity contribution in [3.8, 4) is 23.1 Å². The monoisotopic (exact) mass is 404 g/mol. The van der Waals surface area contributed by atoms with Gasteiger partial charge in [-0.25, -0.2) is 4.98 Å². The molecule has 3 rings (SSSR count). The number of pyridine rings is 1. The lowest BCUT2D eigenvalue weighted by Crippen LogP contribution is -2.55. The smallest absolute Gasteiger partial charge is 0.246 e. The number of amides is 1. The largest absolute Gasteiger partial charge is 0.493 e. The number of methoxy groups -OCH3 is 3. The Morgan fingerprint density at radius 1 is 1.18 bits per heavy atom. The van der Waals surface area contributed by atoms with Gasteiger partial charge in [-0.1, -0.05) is 11.6 Å². The Hall–Kier alpha value is -2.93. The maximum atomic E-state index is 12.4. The summed E-state index contributed by atoms with van der Waals surface area (Å²) in [7, 11) is 4.63. The van der Waals surface area contributed by atoms with Crippen molar-refractivity contribution in [2.24, 2.45) is 0 Å². The van der Waals surface area contributed by atoms with Crippen LogP contribution in [0.1, 0.15) is 5.56 Å². The molecule has 1 fully saturated rings. The summed E-state index contributed by atoms with van der Waals surface area (Å²) >= 11 is 6.03. The second-order valence-corrected chi connectivity index (χ2v) is 6.47. The van der Waals surface area contributed by atoms with Crippen molar-refractivity contribution in [2.45, 2.75) is 6.10 Å². The predicted molar refractivity (Wildman–Crippen MR) is 105 cm³/mol. The van der Waals surface area contributed by atoms with E-state index in [0.717, 1.165) is 5.56 Å². The van der Waals surface area contributed by atoms with Crippen molar-refractivity contribution in [3.63, 3.8) is 0 Å². The van der Waals surface area contributed by atoms with Crippen LogP contribution in [0.2, 0.25) is 5.02 Å². The maximum absolute atomic E-state index is 12.4. The van der Waals surface area contributed by atoms with E-state index >= 15 is 0 Å². The van der Waals surface area contributed by atoms with E-state index in [4.69, 9.17) is 30.5 Å². The number of hydrogen-bond donors (Lipinski definition) is 0. The van der Waals surface area contributed by atoms with Gasteiger partial charge in [0.2, 0.25) is 17.5 Å². The lowest BCUT2D eigenvalue weighted by Gasteiger charge is -2.38. The minimum atomic E-state index is -0.120. The van der Waals surface area contributed by atoms with Gasteiger partial charge in [-0.15, -0.1) is 0 Å². The molecular weight excluding hydrogens is 384 g/mol. The molecule has 0 spiro atoms. The summed E-state index contributed by atoms with van der Waals surface area (Å²) in [5.41, 5.74) is 0.761. The second-order valence-electron chi connectivity index (χ2n) is 6.07. The summed E-state index contributed by atoms with van der Waals surface area (Å²) < 4.78 is 21.6. The first-order valence-corrected chi connectivity index (χ1v) is 8.97. The number of hydrogen-bond acceptors (Lipinski definition) is 6. The third kappa shape index (κ3) is 4.31. The molecule has 28 heavy (non-hydrogen) atoms. The van der Waals surface area contributed by atoms with Crippen molar-refractivity contribution < 1.29 is 23.7 Å². The van der Waals surface area contributed by atoms with Gasteiger partial charge in [0.1, 0.15) is 11.1 Å². The molecule has 1 aliphatic rings. The molecule has 1 aromatic carbocycles. The Balaban J connectivity index is 1.60. The minimum Gasteiger partial charge on any atom is -0.493 e. The predicted octanol–water partition coefficient (Wildman–Crippen LogP) is 3.06. The van der Waals surface area contributed by atoms with Crippen LogP contribution in [0, 0.1) is 0 Å². The van der Waals surface area contributed by atoms with Gasteiger partial charge in [0.15, 0.2) is 11.5 Å². The molecule has 0 radical (unpaired) electrons. The Morgan fingerprint density at radius 2 is 1.86 bits per heavy atom. The van der Waals surface area contributed by atoms with Gasteiger partial charge in [-0.2, -0.15) is 0 Å². The van der Waals surface area contributed by atoms with Gasteiger partial charge < -0.3 is 23.8 Å². The summed E-state index contributed by atoms with van der Waals surface area (Å²) in [6.07, 6.45) is 4.70. The van der Waals surface area contributed by atoms with Crippen molar-refractivity contribution >= 4 is 23.6 Å². The quantitative estimate of drug-likeness (QED) is 0.660. The fourth-order valence-corrected chi connectivity index (χ4v) is 2.95. The normalized spacial score (nSPS) is 13.9. The summed E-state index contributed by atoms with van der Waals surface area (Å²) in [5.74, 6) is 1.83. The number of halogens is 1. The fraction of sp³-hybridized carbons (Fsp3) is 0.300. The van der Waals surface area contributed by atoms with E-state index in [-0.39, 0.29) is 12.0 Å². The number of aromatic nitrogens is 1. The SMILES string of the molecule is COc1cc(/C=C/C(=O)N2CC(Oc3ncccc3Cl)C2)cc(OC)c1OC. The number of nitrogens with zero attached hydrogens (tertiary/aromatic N) is 2. The van der Waals surface area contributed by atoms with Gasteiger partial charge in [0.25, 0.3) is 0 Å². The number of ether oxygens (including phenoxy) is 4. The number of benzene rings is 1. The average Bonchev–Trinajstić information content (AvgIpc) is 2.68. The van der Waals surface area contributed by atoms with Gasteiger partial charge in [-0.3, -0.25) is 4.79 Å². The number of carbonyl (C=O) groups is 1. The lowest BCUT2D eigenvalue weighted by atomic mass is 10.1. The molecule has 1 saturated heterocycles. The molecule has 1 amide bonds. The molecule has 1 aromatic heterocycles. The molecule has 0 saturated carbocycles. The summed E-state index contributed by atoms with van der Waals surface area (Å²) in [4.78, 5) is 18.1. The molecule has 0 unspecified atom stereocenters. The van der Waals surface area contributed by atoms with Gasteiger partial charge >= 0.3 is 0 Å². The van der Waals surface area contributed by atoms with Crippen LogP contribution in [0.15, 0.2) is 36.5 Å². The first-order chi connectivity index (χ1) is 13.5.